The smallest absolute Gasteiger partial charge is 0.270 e. The van der Waals surface area contributed by atoms with Gasteiger partial charge in [0, 0.05) is 18.0 Å². The lowest BCUT2D eigenvalue weighted by atomic mass is 9.98. The summed E-state index contributed by atoms with van der Waals surface area (Å²) in [7, 11) is 1.82. The minimum absolute atomic E-state index is 0.103. The first-order valence-corrected chi connectivity index (χ1v) is 7.41. The highest BCUT2D eigenvalue weighted by molar-refractivity contribution is 6.00. The van der Waals surface area contributed by atoms with Crippen molar-refractivity contribution in [3.05, 3.63) is 36.0 Å². The van der Waals surface area contributed by atoms with Crippen molar-refractivity contribution in [2.24, 2.45) is 5.92 Å². The third-order valence-electron chi connectivity index (χ3n) is 4.24. The van der Waals surface area contributed by atoms with Crippen LogP contribution in [0.3, 0.4) is 0 Å². The maximum Gasteiger partial charge on any atom is 0.270 e. The molecule has 0 atom stereocenters. The van der Waals surface area contributed by atoms with Gasteiger partial charge in [0.05, 0.1) is 0 Å². The molecule has 4 heteroatoms. The Bertz CT molecular complexity index is 689. The van der Waals surface area contributed by atoms with Gasteiger partial charge in [0.1, 0.15) is 11.5 Å². The second-order valence-corrected chi connectivity index (χ2v) is 6.28. The van der Waals surface area contributed by atoms with Crippen LogP contribution in [0.4, 0.5) is 5.82 Å². The van der Waals surface area contributed by atoms with E-state index in [4.69, 9.17) is 0 Å². The fourth-order valence-corrected chi connectivity index (χ4v) is 2.77. The first-order chi connectivity index (χ1) is 10.0. The number of nitrogens with one attached hydrogen (secondary N) is 2. The monoisotopic (exact) mass is 283 g/mol. The van der Waals surface area contributed by atoms with Crippen molar-refractivity contribution in [2.75, 3.05) is 12.4 Å². The van der Waals surface area contributed by atoms with Crippen molar-refractivity contribution in [3.63, 3.8) is 0 Å². The molecular formula is C17H21N3O. The summed E-state index contributed by atoms with van der Waals surface area (Å²) in [5.41, 5.74) is 0.302. The highest BCUT2D eigenvalue weighted by Crippen LogP contribution is 2.39. The number of benzene rings is 1. The minimum Gasteiger partial charge on any atom is -0.373 e. The number of hydrogen-bond donors (Lipinski definition) is 2. The number of carbonyl (C=O) groups excluding carboxylic acids is 1. The van der Waals surface area contributed by atoms with Crippen LogP contribution in [0, 0.1) is 5.92 Å². The zero-order chi connectivity index (χ0) is 15.0. The summed E-state index contributed by atoms with van der Waals surface area (Å²) >= 11 is 0. The van der Waals surface area contributed by atoms with Gasteiger partial charge in [-0.25, -0.2) is 4.98 Å². The fraction of sp³-hybridized carbons (Fsp3) is 0.412. The van der Waals surface area contributed by atoms with E-state index in [1.165, 1.54) is 12.8 Å². The molecule has 2 aromatic rings. The van der Waals surface area contributed by atoms with Crippen molar-refractivity contribution in [2.45, 2.75) is 32.2 Å². The number of rotatable bonds is 4. The Balaban J connectivity index is 1.94. The third-order valence-corrected chi connectivity index (χ3v) is 4.24. The average Bonchev–Trinajstić information content (AvgIpc) is 3.30. The quantitative estimate of drug-likeness (QED) is 0.906. The van der Waals surface area contributed by atoms with Crippen LogP contribution >= 0.6 is 0 Å². The maximum absolute atomic E-state index is 12.5. The zero-order valence-electron chi connectivity index (χ0n) is 12.7. The third kappa shape index (κ3) is 2.71. The van der Waals surface area contributed by atoms with Gasteiger partial charge in [0.15, 0.2) is 0 Å². The highest BCUT2D eigenvalue weighted by atomic mass is 16.2. The first-order valence-electron chi connectivity index (χ1n) is 7.41. The van der Waals surface area contributed by atoms with Crippen LogP contribution in [0.2, 0.25) is 0 Å². The lowest BCUT2D eigenvalue weighted by molar-refractivity contribution is 0.0898. The molecule has 1 saturated carbocycles. The summed E-state index contributed by atoms with van der Waals surface area (Å²) in [5.74, 6) is 1.22. The molecule has 1 aromatic carbocycles. The van der Waals surface area contributed by atoms with Crippen LogP contribution in [0.5, 0.6) is 0 Å². The predicted molar refractivity (Wildman–Crippen MR) is 85.6 cm³/mol. The van der Waals surface area contributed by atoms with Crippen LogP contribution in [0.25, 0.3) is 10.8 Å². The number of carbonyl (C=O) groups is 1. The maximum atomic E-state index is 12.5. The van der Waals surface area contributed by atoms with E-state index in [0.717, 1.165) is 16.6 Å². The molecule has 3 rings (SSSR count). The van der Waals surface area contributed by atoms with Crippen molar-refractivity contribution in [3.8, 4) is 0 Å². The van der Waals surface area contributed by atoms with E-state index in [1.54, 1.807) is 0 Å². The molecule has 1 aliphatic rings. The molecule has 0 saturated heterocycles. The summed E-state index contributed by atoms with van der Waals surface area (Å²) in [6.07, 6.45) is 2.39. The topological polar surface area (TPSA) is 54.0 Å². The fourth-order valence-electron chi connectivity index (χ4n) is 2.77. The molecular weight excluding hydrogens is 262 g/mol. The van der Waals surface area contributed by atoms with E-state index in [9.17, 15) is 4.79 Å². The van der Waals surface area contributed by atoms with E-state index in [0.29, 0.717) is 11.6 Å². The number of amides is 1. The van der Waals surface area contributed by atoms with Gasteiger partial charge in [-0.3, -0.25) is 4.79 Å². The van der Waals surface area contributed by atoms with E-state index < -0.39 is 0 Å². The Morgan fingerprint density at radius 1 is 1.29 bits per heavy atom. The van der Waals surface area contributed by atoms with Crippen molar-refractivity contribution in [1.82, 2.24) is 10.3 Å². The Kier molecular flexibility index (Phi) is 3.32. The largest absolute Gasteiger partial charge is 0.373 e. The van der Waals surface area contributed by atoms with Gasteiger partial charge in [-0.1, -0.05) is 24.3 Å². The molecule has 1 aromatic heterocycles. The Morgan fingerprint density at radius 3 is 2.67 bits per heavy atom. The van der Waals surface area contributed by atoms with Gasteiger partial charge in [-0.15, -0.1) is 0 Å². The average molecular weight is 283 g/mol. The molecule has 1 heterocycles. The first kappa shape index (κ1) is 13.9. The lowest BCUT2D eigenvalue weighted by Gasteiger charge is -2.26. The summed E-state index contributed by atoms with van der Waals surface area (Å²) in [5, 5.41) is 8.24. The van der Waals surface area contributed by atoms with Crippen LogP contribution in [-0.4, -0.2) is 23.5 Å². The molecule has 1 fully saturated rings. The second kappa shape index (κ2) is 5.02. The van der Waals surface area contributed by atoms with Crippen molar-refractivity contribution in [1.29, 1.82) is 0 Å². The van der Waals surface area contributed by atoms with Gasteiger partial charge in [0.25, 0.3) is 5.91 Å². The molecule has 0 spiro atoms. The lowest BCUT2D eigenvalue weighted by Crippen LogP contribution is -2.45. The number of nitrogens with zero attached hydrogens (tertiary/aromatic N) is 1. The minimum atomic E-state index is -0.162. The van der Waals surface area contributed by atoms with E-state index in [2.05, 4.69) is 29.5 Å². The number of pyridine rings is 1. The molecule has 0 radical (unpaired) electrons. The standard InChI is InChI=1S/C17H21N3O/c1-17(2,12-8-9-12)20-16(21)14-10-11-6-4-5-7-13(11)15(18-3)19-14/h4-7,10,12H,8-9H2,1-3H3,(H,18,19)(H,20,21). The molecule has 2 N–H and O–H groups in total. The molecule has 1 amide bonds. The summed E-state index contributed by atoms with van der Waals surface area (Å²) in [6.45, 7) is 4.17. The van der Waals surface area contributed by atoms with Gasteiger partial charge >= 0.3 is 0 Å². The zero-order valence-corrected chi connectivity index (χ0v) is 12.7. The van der Waals surface area contributed by atoms with Gasteiger partial charge in [-0.05, 0) is 44.1 Å². The molecule has 110 valence electrons. The number of fused-ring (bicyclic) bond motifs is 1. The number of anilines is 1. The molecule has 4 nitrogen and oxygen atoms in total. The number of hydrogen-bond acceptors (Lipinski definition) is 3. The normalized spacial score (nSPS) is 15.0. The van der Waals surface area contributed by atoms with Crippen LogP contribution < -0.4 is 10.6 Å². The van der Waals surface area contributed by atoms with Gasteiger partial charge in [0.2, 0.25) is 0 Å². The predicted octanol–water partition coefficient (Wildman–Crippen LogP) is 3.19. The van der Waals surface area contributed by atoms with Gasteiger partial charge < -0.3 is 10.6 Å². The molecule has 1 aliphatic carbocycles. The van der Waals surface area contributed by atoms with Crippen LogP contribution in [0.1, 0.15) is 37.2 Å². The highest BCUT2D eigenvalue weighted by Gasteiger charge is 2.39. The Hall–Kier alpha value is -2.10. The van der Waals surface area contributed by atoms with E-state index in [-0.39, 0.29) is 11.4 Å². The second-order valence-electron chi connectivity index (χ2n) is 6.28. The summed E-state index contributed by atoms with van der Waals surface area (Å²) < 4.78 is 0. The molecule has 0 aliphatic heterocycles. The van der Waals surface area contributed by atoms with Crippen LogP contribution in [0.15, 0.2) is 30.3 Å². The van der Waals surface area contributed by atoms with E-state index >= 15 is 0 Å². The van der Waals surface area contributed by atoms with E-state index in [1.807, 2.05) is 37.4 Å². The Morgan fingerprint density at radius 2 is 2.00 bits per heavy atom. The summed E-state index contributed by atoms with van der Waals surface area (Å²) in [4.78, 5) is 17.0. The summed E-state index contributed by atoms with van der Waals surface area (Å²) in [6, 6.07) is 9.80. The molecule has 0 bridgehead atoms. The SMILES string of the molecule is CNc1nc(C(=O)NC(C)(C)C2CC2)cc2ccccc12. The van der Waals surface area contributed by atoms with Crippen molar-refractivity contribution < 1.29 is 4.79 Å². The Labute approximate surface area is 125 Å². The molecule has 0 unspecified atom stereocenters. The van der Waals surface area contributed by atoms with Crippen molar-refractivity contribution >= 4 is 22.5 Å². The molecule has 21 heavy (non-hydrogen) atoms. The van der Waals surface area contributed by atoms with Crippen LogP contribution in [-0.2, 0) is 0 Å². The van der Waals surface area contributed by atoms with Gasteiger partial charge in [-0.2, -0.15) is 0 Å². The number of aromatic nitrogens is 1.